The van der Waals surface area contributed by atoms with Crippen molar-refractivity contribution in [2.75, 3.05) is 30.0 Å². The van der Waals surface area contributed by atoms with Crippen LogP contribution in [0.15, 0.2) is 47.4 Å². The molecule has 34 heavy (non-hydrogen) atoms. The fourth-order valence-corrected chi connectivity index (χ4v) is 5.21. The summed E-state index contributed by atoms with van der Waals surface area (Å²) in [6.07, 6.45) is 5.40. The number of hydrogen-bond acceptors (Lipinski definition) is 7. The maximum Gasteiger partial charge on any atom is 0.339 e. The summed E-state index contributed by atoms with van der Waals surface area (Å²) in [6, 6.07) is 11.6. The Morgan fingerprint density at radius 2 is 1.88 bits per heavy atom. The molecule has 2 aliphatic rings. The molecule has 0 spiro atoms. The molecule has 10 heteroatoms. The van der Waals surface area contributed by atoms with Gasteiger partial charge in [0.2, 0.25) is 11.9 Å². The van der Waals surface area contributed by atoms with Gasteiger partial charge in [-0.25, -0.2) is 9.99 Å². The number of imidazole rings is 1. The highest BCUT2D eigenvalue weighted by atomic mass is 32.2. The van der Waals surface area contributed by atoms with Crippen molar-refractivity contribution in [3.63, 3.8) is 0 Å². The largest absolute Gasteiger partial charge is 0.379 e. The Labute approximate surface area is 199 Å². The van der Waals surface area contributed by atoms with E-state index in [2.05, 4.69) is 32.2 Å². The highest BCUT2D eigenvalue weighted by Gasteiger charge is 2.30. The van der Waals surface area contributed by atoms with Gasteiger partial charge in [-0.3, -0.25) is 10.1 Å². The predicted molar refractivity (Wildman–Crippen MR) is 130 cm³/mol. The summed E-state index contributed by atoms with van der Waals surface area (Å²) in [7, 11) is -4.01. The molecule has 1 aliphatic carbocycles. The van der Waals surface area contributed by atoms with Gasteiger partial charge in [0.25, 0.3) is 0 Å². The van der Waals surface area contributed by atoms with E-state index in [0.29, 0.717) is 17.0 Å². The molecule has 1 amide bonds. The van der Waals surface area contributed by atoms with Crippen LogP contribution in [0.4, 0.5) is 11.6 Å². The Hall–Kier alpha value is -3.11. The van der Waals surface area contributed by atoms with Crippen LogP contribution in [0.3, 0.4) is 0 Å². The summed E-state index contributed by atoms with van der Waals surface area (Å²) in [5, 5.41) is 7.28. The quantitative estimate of drug-likeness (QED) is 0.468. The average molecular weight is 484 g/mol. The minimum atomic E-state index is -4.01. The third-order valence-electron chi connectivity index (χ3n) is 6.25. The zero-order valence-corrected chi connectivity index (χ0v) is 20.0. The number of hydrazine groups is 1. The number of fused-ring (bicyclic) bond motifs is 1. The Bertz CT molecular complexity index is 1280. The van der Waals surface area contributed by atoms with Gasteiger partial charge in [0.05, 0.1) is 16.7 Å². The lowest BCUT2D eigenvalue weighted by atomic mass is 10.1. The van der Waals surface area contributed by atoms with Crippen molar-refractivity contribution >= 4 is 38.7 Å². The van der Waals surface area contributed by atoms with Crippen LogP contribution in [-0.4, -0.2) is 48.9 Å². The van der Waals surface area contributed by atoms with E-state index in [-0.39, 0.29) is 22.5 Å². The average Bonchev–Trinajstić information content (AvgIpc) is 3.61. The lowest BCUT2D eigenvalue weighted by Gasteiger charge is -2.38. The van der Waals surface area contributed by atoms with E-state index < -0.39 is 10.1 Å². The number of anilines is 2. The van der Waals surface area contributed by atoms with Crippen LogP contribution in [0.5, 0.6) is 5.75 Å². The second-order valence-corrected chi connectivity index (χ2v) is 10.3. The first-order valence-electron chi connectivity index (χ1n) is 11.8. The van der Waals surface area contributed by atoms with Crippen molar-refractivity contribution in [3.05, 3.63) is 42.5 Å². The van der Waals surface area contributed by atoms with E-state index in [4.69, 9.17) is 4.18 Å². The summed E-state index contributed by atoms with van der Waals surface area (Å²) >= 11 is 0. The first-order chi connectivity index (χ1) is 16.4. The second kappa shape index (κ2) is 9.27. The van der Waals surface area contributed by atoms with Crippen molar-refractivity contribution in [2.45, 2.75) is 43.9 Å². The van der Waals surface area contributed by atoms with E-state index in [1.807, 2.05) is 12.1 Å². The number of carbonyl (C=O) groups excluding carboxylic acids is 1. The van der Waals surface area contributed by atoms with E-state index in [1.165, 1.54) is 19.3 Å². The highest BCUT2D eigenvalue weighted by molar-refractivity contribution is 7.87. The second-order valence-electron chi connectivity index (χ2n) is 8.79. The minimum absolute atomic E-state index is 0.0523. The number of aromatic nitrogens is 2. The summed E-state index contributed by atoms with van der Waals surface area (Å²) < 4.78 is 31.2. The summed E-state index contributed by atoms with van der Waals surface area (Å²) in [5.41, 5.74) is 2.15. The van der Waals surface area contributed by atoms with E-state index in [1.54, 1.807) is 30.3 Å². The van der Waals surface area contributed by atoms with E-state index in [0.717, 1.165) is 38.2 Å². The zero-order chi connectivity index (χ0) is 23.7. The molecule has 1 aliphatic heterocycles. The third kappa shape index (κ3) is 4.88. The molecule has 0 unspecified atom stereocenters. The van der Waals surface area contributed by atoms with Crippen LogP contribution in [-0.2, 0) is 14.9 Å². The molecule has 5 rings (SSSR count). The number of H-pyrrole nitrogens is 1. The van der Waals surface area contributed by atoms with Crippen molar-refractivity contribution in [2.24, 2.45) is 5.92 Å². The van der Waals surface area contributed by atoms with E-state index in [9.17, 15) is 13.2 Å². The van der Waals surface area contributed by atoms with Gasteiger partial charge in [-0.1, -0.05) is 6.42 Å². The first kappa shape index (κ1) is 22.7. The summed E-state index contributed by atoms with van der Waals surface area (Å²) in [4.78, 5) is 19.4. The normalized spacial score (nSPS) is 17.0. The molecule has 0 bridgehead atoms. The fourth-order valence-electron chi connectivity index (χ4n) is 4.29. The van der Waals surface area contributed by atoms with Gasteiger partial charge >= 0.3 is 10.1 Å². The number of rotatable bonds is 8. The number of nitrogens with one attached hydrogen (secondary N) is 2. The van der Waals surface area contributed by atoms with Crippen LogP contribution in [0, 0.1) is 5.92 Å². The van der Waals surface area contributed by atoms with Crippen LogP contribution < -0.4 is 14.5 Å². The molecule has 3 aromatic rings. The Balaban J connectivity index is 1.30. The molecule has 180 valence electrons. The number of hydrogen-bond donors (Lipinski definition) is 2. The fraction of sp³-hybridized carbons (Fsp3) is 0.417. The number of piperidine rings is 1. The molecule has 0 radical (unpaired) electrons. The van der Waals surface area contributed by atoms with Gasteiger partial charge in [0.15, 0.2) is 0 Å². The van der Waals surface area contributed by atoms with Crippen LogP contribution in [0.25, 0.3) is 11.0 Å². The number of aromatic amines is 1. The number of benzene rings is 2. The standard InChI is InChI=1S/C24H29N5O4S/c1-2-29(28-14-4-3-5-15-28)18-8-11-20(12-9-18)34(31,32)33-19-10-13-21-22(16-19)26-24(25-21)27-23(30)17-6-7-17/h8-13,16-17H,2-7,14-15H2,1H3,(H2,25,26,27,30). The number of carbonyl (C=O) groups is 1. The SMILES string of the molecule is CCN(c1ccc(S(=O)(=O)Oc2ccc3nc(NC(=O)C4CC4)[nH]c3c2)cc1)N1CCCCC1. The molecule has 2 fully saturated rings. The molecule has 1 saturated heterocycles. The topological polar surface area (TPSA) is 108 Å². The molecule has 2 N–H and O–H groups in total. The minimum Gasteiger partial charge on any atom is -0.379 e. The number of amides is 1. The molecular formula is C24H29N5O4S. The Kier molecular flexibility index (Phi) is 6.18. The third-order valence-corrected chi connectivity index (χ3v) is 7.51. The van der Waals surface area contributed by atoms with Gasteiger partial charge in [0, 0.05) is 31.6 Å². The lowest BCUT2D eigenvalue weighted by Crippen LogP contribution is -2.45. The van der Waals surface area contributed by atoms with Gasteiger partial charge in [-0.2, -0.15) is 8.42 Å². The van der Waals surface area contributed by atoms with Crippen molar-refractivity contribution in [1.82, 2.24) is 15.0 Å². The molecular weight excluding hydrogens is 454 g/mol. The zero-order valence-electron chi connectivity index (χ0n) is 19.2. The van der Waals surface area contributed by atoms with Crippen molar-refractivity contribution in [3.8, 4) is 5.75 Å². The van der Waals surface area contributed by atoms with Gasteiger partial charge in [-0.15, -0.1) is 0 Å². The molecule has 1 saturated carbocycles. The monoisotopic (exact) mass is 483 g/mol. The van der Waals surface area contributed by atoms with Crippen LogP contribution >= 0.6 is 0 Å². The summed E-state index contributed by atoms with van der Waals surface area (Å²) in [5.74, 6) is 0.525. The maximum absolute atomic E-state index is 12.9. The van der Waals surface area contributed by atoms with Crippen LogP contribution in [0.1, 0.15) is 39.0 Å². The molecule has 0 atom stereocenters. The van der Waals surface area contributed by atoms with Gasteiger partial charge < -0.3 is 14.2 Å². The maximum atomic E-state index is 12.9. The van der Waals surface area contributed by atoms with Gasteiger partial charge in [-0.05, 0) is 69.0 Å². The molecule has 9 nitrogen and oxygen atoms in total. The lowest BCUT2D eigenvalue weighted by molar-refractivity contribution is -0.117. The van der Waals surface area contributed by atoms with Gasteiger partial charge in [0.1, 0.15) is 10.6 Å². The van der Waals surface area contributed by atoms with Crippen molar-refractivity contribution in [1.29, 1.82) is 0 Å². The highest BCUT2D eigenvalue weighted by Crippen LogP contribution is 2.30. The van der Waals surface area contributed by atoms with Crippen molar-refractivity contribution < 1.29 is 17.4 Å². The first-order valence-corrected chi connectivity index (χ1v) is 13.2. The predicted octanol–water partition coefficient (Wildman–Crippen LogP) is 3.91. The molecule has 1 aromatic heterocycles. The smallest absolute Gasteiger partial charge is 0.339 e. The summed E-state index contributed by atoms with van der Waals surface area (Å²) in [6.45, 7) is 4.94. The number of nitrogens with zero attached hydrogens (tertiary/aromatic N) is 3. The Morgan fingerprint density at radius 3 is 2.56 bits per heavy atom. The molecule has 2 heterocycles. The molecule has 2 aromatic carbocycles. The Morgan fingerprint density at radius 1 is 1.15 bits per heavy atom. The van der Waals surface area contributed by atoms with E-state index >= 15 is 0 Å². The van der Waals surface area contributed by atoms with Crippen LogP contribution in [0.2, 0.25) is 0 Å².